The predicted octanol–water partition coefficient (Wildman–Crippen LogP) is 3.65. The monoisotopic (exact) mass is 404 g/mol. The molecule has 0 spiro atoms. The van der Waals surface area contributed by atoms with Crippen molar-refractivity contribution in [2.24, 2.45) is 0 Å². The molecule has 1 N–H and O–H groups in total. The van der Waals surface area contributed by atoms with Crippen LogP contribution in [0.3, 0.4) is 0 Å². The zero-order valence-electron chi connectivity index (χ0n) is 15.0. The Hall–Kier alpha value is -2.42. The van der Waals surface area contributed by atoms with Crippen molar-refractivity contribution < 1.29 is 17.6 Å². The molecule has 0 aliphatic carbocycles. The number of amides is 1. The van der Waals surface area contributed by atoms with E-state index < -0.39 is 10.0 Å². The Kier molecular flexibility index (Phi) is 5.79. The fourth-order valence-electron chi connectivity index (χ4n) is 2.54. The Labute approximate surface area is 162 Å². The second-order valence-corrected chi connectivity index (χ2v) is 8.78. The Morgan fingerprint density at radius 1 is 1.19 bits per heavy atom. The van der Waals surface area contributed by atoms with E-state index in [4.69, 9.17) is 4.42 Å². The van der Waals surface area contributed by atoms with Gasteiger partial charge in [0.15, 0.2) is 0 Å². The molecule has 1 unspecified atom stereocenters. The lowest BCUT2D eigenvalue weighted by atomic mass is 10.1. The average molecular weight is 405 g/mol. The highest BCUT2D eigenvalue weighted by Gasteiger charge is 2.21. The lowest BCUT2D eigenvalue weighted by Crippen LogP contribution is -2.29. The van der Waals surface area contributed by atoms with Crippen molar-refractivity contribution in [1.82, 2.24) is 9.62 Å². The smallest absolute Gasteiger partial charge is 0.254 e. The third-order valence-electron chi connectivity index (χ3n) is 4.28. The van der Waals surface area contributed by atoms with Crippen molar-refractivity contribution in [2.45, 2.75) is 24.4 Å². The van der Waals surface area contributed by atoms with Gasteiger partial charge in [0.25, 0.3) is 5.91 Å². The number of thiophene rings is 1. The third-order valence-corrected chi connectivity index (χ3v) is 6.74. The molecule has 0 aliphatic heterocycles. The van der Waals surface area contributed by atoms with Crippen molar-refractivity contribution in [2.75, 3.05) is 7.05 Å². The van der Waals surface area contributed by atoms with Crippen molar-refractivity contribution in [3.8, 4) is 0 Å². The van der Waals surface area contributed by atoms with Crippen LogP contribution in [0.5, 0.6) is 0 Å². The third kappa shape index (κ3) is 4.47. The molecule has 8 heteroatoms. The van der Waals surface area contributed by atoms with E-state index in [1.165, 1.54) is 30.5 Å². The number of nitrogens with zero attached hydrogens (tertiary/aromatic N) is 1. The van der Waals surface area contributed by atoms with Gasteiger partial charge in [0.1, 0.15) is 5.76 Å². The van der Waals surface area contributed by atoms with Crippen molar-refractivity contribution in [1.29, 1.82) is 0 Å². The second-order valence-electron chi connectivity index (χ2n) is 6.04. The molecule has 142 valence electrons. The summed E-state index contributed by atoms with van der Waals surface area (Å²) in [4.78, 5) is 15.5. The lowest BCUT2D eigenvalue weighted by molar-refractivity contribution is 0.0745. The summed E-state index contributed by atoms with van der Waals surface area (Å²) in [6.45, 7) is 2.03. The highest BCUT2D eigenvalue weighted by atomic mass is 32.2. The van der Waals surface area contributed by atoms with Crippen molar-refractivity contribution in [3.63, 3.8) is 0 Å². The van der Waals surface area contributed by atoms with Gasteiger partial charge in [0.2, 0.25) is 10.0 Å². The predicted molar refractivity (Wildman–Crippen MR) is 104 cm³/mol. The number of rotatable bonds is 7. The number of furan rings is 1. The summed E-state index contributed by atoms with van der Waals surface area (Å²) in [7, 11) is -1.95. The first-order valence-electron chi connectivity index (χ1n) is 8.31. The summed E-state index contributed by atoms with van der Waals surface area (Å²) in [5.74, 6) is 0.359. The zero-order valence-corrected chi connectivity index (χ0v) is 16.6. The first-order valence-corrected chi connectivity index (χ1v) is 10.7. The van der Waals surface area contributed by atoms with Crippen LogP contribution in [0.1, 0.15) is 34.0 Å². The Balaban J connectivity index is 1.69. The minimum absolute atomic E-state index is 0.0594. The van der Waals surface area contributed by atoms with E-state index in [-0.39, 0.29) is 23.4 Å². The lowest BCUT2D eigenvalue weighted by Gasteiger charge is -2.24. The Bertz CT molecular complexity index is 979. The molecular formula is C19H20N2O4S2. The van der Waals surface area contributed by atoms with Gasteiger partial charge in [0, 0.05) is 17.5 Å². The van der Waals surface area contributed by atoms with Gasteiger partial charge in [-0.3, -0.25) is 4.79 Å². The molecule has 3 rings (SSSR count). The number of carbonyl (C=O) groups excluding carboxylic acids is 1. The molecule has 0 fully saturated rings. The van der Waals surface area contributed by atoms with Gasteiger partial charge in [-0.25, -0.2) is 13.1 Å². The van der Waals surface area contributed by atoms with Gasteiger partial charge in [-0.2, -0.15) is 0 Å². The quantitative estimate of drug-likeness (QED) is 0.652. The summed E-state index contributed by atoms with van der Waals surface area (Å²) in [5, 5.41) is 1.97. The van der Waals surface area contributed by atoms with E-state index in [2.05, 4.69) is 4.72 Å². The number of carbonyl (C=O) groups is 1. The van der Waals surface area contributed by atoms with E-state index in [1.54, 1.807) is 35.4 Å². The molecule has 1 atom stereocenters. The summed E-state index contributed by atoms with van der Waals surface area (Å²) in [6.07, 6.45) is 1.48. The Morgan fingerprint density at radius 3 is 2.52 bits per heavy atom. The number of sulfonamides is 1. The number of hydrogen-bond donors (Lipinski definition) is 1. The van der Waals surface area contributed by atoms with Crippen molar-refractivity contribution >= 4 is 27.3 Å². The normalized spacial score (nSPS) is 12.7. The maximum atomic E-state index is 12.7. The molecular weight excluding hydrogens is 384 g/mol. The molecule has 6 nitrogen and oxygen atoms in total. The summed E-state index contributed by atoms with van der Waals surface area (Å²) in [5.41, 5.74) is 0.436. The van der Waals surface area contributed by atoms with E-state index in [0.717, 1.165) is 4.88 Å². The van der Waals surface area contributed by atoms with Crippen LogP contribution < -0.4 is 4.72 Å². The molecule has 0 saturated carbocycles. The van der Waals surface area contributed by atoms with E-state index in [0.29, 0.717) is 11.3 Å². The van der Waals surface area contributed by atoms with Crippen LogP contribution in [0.2, 0.25) is 0 Å². The van der Waals surface area contributed by atoms with Crippen LogP contribution in [-0.4, -0.2) is 26.3 Å². The van der Waals surface area contributed by atoms with Gasteiger partial charge >= 0.3 is 0 Å². The van der Waals surface area contributed by atoms with Crippen molar-refractivity contribution in [3.05, 3.63) is 76.4 Å². The SMILES string of the molecule is CC(c1cccs1)N(C)C(=O)c1ccc(S(=O)(=O)NCc2ccco2)cc1. The van der Waals surface area contributed by atoms with Crippen LogP contribution in [0.4, 0.5) is 0 Å². The van der Waals surface area contributed by atoms with Gasteiger partial charge < -0.3 is 9.32 Å². The van der Waals surface area contributed by atoms with Crippen LogP contribution >= 0.6 is 11.3 Å². The van der Waals surface area contributed by atoms with Crippen LogP contribution in [-0.2, 0) is 16.6 Å². The van der Waals surface area contributed by atoms with Gasteiger partial charge in [-0.1, -0.05) is 6.07 Å². The second kappa shape index (κ2) is 8.08. The topological polar surface area (TPSA) is 79.6 Å². The highest BCUT2D eigenvalue weighted by Crippen LogP contribution is 2.25. The summed E-state index contributed by atoms with van der Waals surface area (Å²) in [6, 6.07) is 13.2. The number of benzene rings is 1. The van der Waals surface area contributed by atoms with Gasteiger partial charge in [-0.05, 0) is 54.8 Å². The standard InChI is InChI=1S/C19H20N2O4S2/c1-14(18-6-4-12-26-18)21(2)19(22)15-7-9-17(10-8-15)27(23,24)20-13-16-5-3-11-25-16/h3-12,14,20H,13H2,1-2H3. The minimum atomic E-state index is -3.68. The van der Waals surface area contributed by atoms with Gasteiger partial charge in [0.05, 0.1) is 23.7 Å². The largest absolute Gasteiger partial charge is 0.468 e. The molecule has 0 aliphatic rings. The van der Waals surface area contributed by atoms with E-state index in [1.807, 2.05) is 24.4 Å². The molecule has 0 saturated heterocycles. The molecule has 2 heterocycles. The fraction of sp³-hybridized carbons (Fsp3) is 0.211. The zero-order chi connectivity index (χ0) is 19.4. The van der Waals surface area contributed by atoms with Crippen LogP contribution in [0.15, 0.2) is 69.5 Å². The van der Waals surface area contributed by atoms with E-state index >= 15 is 0 Å². The molecule has 0 bridgehead atoms. The molecule has 1 aromatic carbocycles. The highest BCUT2D eigenvalue weighted by molar-refractivity contribution is 7.89. The number of hydrogen-bond acceptors (Lipinski definition) is 5. The first-order chi connectivity index (χ1) is 12.9. The Morgan fingerprint density at radius 2 is 1.93 bits per heavy atom. The van der Waals surface area contributed by atoms with Crippen LogP contribution in [0.25, 0.3) is 0 Å². The average Bonchev–Trinajstić information content (AvgIpc) is 3.38. The molecule has 3 aromatic rings. The molecule has 2 aromatic heterocycles. The van der Waals surface area contributed by atoms with E-state index in [9.17, 15) is 13.2 Å². The molecule has 1 amide bonds. The minimum Gasteiger partial charge on any atom is -0.468 e. The molecule has 27 heavy (non-hydrogen) atoms. The summed E-state index contributed by atoms with van der Waals surface area (Å²) < 4.78 is 32.3. The number of nitrogens with one attached hydrogen (secondary N) is 1. The first kappa shape index (κ1) is 19.3. The fourth-order valence-corrected chi connectivity index (χ4v) is 4.36. The molecule has 0 radical (unpaired) electrons. The summed E-state index contributed by atoms with van der Waals surface area (Å²) >= 11 is 1.59. The van der Waals surface area contributed by atoms with Crippen LogP contribution in [0, 0.1) is 0 Å². The van der Waals surface area contributed by atoms with Gasteiger partial charge in [-0.15, -0.1) is 11.3 Å². The maximum Gasteiger partial charge on any atom is 0.254 e. The maximum absolute atomic E-state index is 12.7.